The van der Waals surface area contributed by atoms with Crippen LogP contribution < -0.4 is 5.32 Å². The van der Waals surface area contributed by atoms with Crippen molar-refractivity contribution in [2.24, 2.45) is 5.92 Å². The number of ether oxygens (including phenoxy) is 1. The molecule has 0 unspecified atom stereocenters. The van der Waals surface area contributed by atoms with Gasteiger partial charge in [-0.2, -0.15) is 4.31 Å². The Balaban J connectivity index is 1.38. The summed E-state index contributed by atoms with van der Waals surface area (Å²) < 4.78 is 53.0. The van der Waals surface area contributed by atoms with E-state index in [0.717, 1.165) is 26.1 Å². The third kappa shape index (κ3) is 6.64. The molecule has 2 aliphatic heterocycles. The zero-order valence-electron chi connectivity index (χ0n) is 21.4. The van der Waals surface area contributed by atoms with Crippen molar-refractivity contribution in [1.29, 1.82) is 0 Å². The number of piperidine rings is 1. The first kappa shape index (κ1) is 27.4. The molecule has 0 radical (unpaired) electrons. The van der Waals surface area contributed by atoms with Gasteiger partial charge in [0.1, 0.15) is 11.5 Å². The number of halogens is 1. The number of hydrogen-bond acceptors (Lipinski definition) is 7. The number of morpholine rings is 1. The van der Waals surface area contributed by atoms with E-state index in [1.807, 2.05) is 0 Å². The summed E-state index contributed by atoms with van der Waals surface area (Å²) in [6.07, 6.45) is 4.58. The fourth-order valence-electron chi connectivity index (χ4n) is 4.75. The average Bonchev–Trinajstić information content (AvgIpc) is 3.29. The van der Waals surface area contributed by atoms with Gasteiger partial charge in [0.2, 0.25) is 15.9 Å². The third-order valence-corrected chi connectivity index (χ3v) is 9.05. The fraction of sp³-hybridized carbons (Fsp3) is 0.538. The Morgan fingerprint density at radius 2 is 1.89 bits per heavy atom. The fourth-order valence-corrected chi connectivity index (χ4v) is 6.47. The lowest BCUT2D eigenvalue weighted by Gasteiger charge is -2.33. The Hall–Kier alpha value is -2.60. The second-order valence-corrected chi connectivity index (χ2v) is 11.4. The monoisotopic (exact) mass is 534 g/mol. The van der Waals surface area contributed by atoms with Crippen LogP contribution in [-0.4, -0.2) is 80.7 Å². The van der Waals surface area contributed by atoms with E-state index in [1.54, 1.807) is 25.1 Å². The summed E-state index contributed by atoms with van der Waals surface area (Å²) in [5.41, 5.74) is 0.549. The van der Waals surface area contributed by atoms with Gasteiger partial charge >= 0.3 is 0 Å². The minimum Gasteiger partial charge on any atom is -0.379 e. The van der Waals surface area contributed by atoms with Gasteiger partial charge in [-0.3, -0.25) is 9.69 Å². The van der Waals surface area contributed by atoms with Crippen LogP contribution in [0.5, 0.6) is 0 Å². The molecule has 202 valence electrons. The van der Waals surface area contributed by atoms with Crippen LogP contribution in [0.3, 0.4) is 0 Å². The van der Waals surface area contributed by atoms with Crippen molar-refractivity contribution < 1.29 is 26.9 Å². The van der Waals surface area contributed by atoms with Crippen LogP contribution >= 0.6 is 0 Å². The van der Waals surface area contributed by atoms with Crippen LogP contribution in [0, 0.1) is 18.7 Å². The van der Waals surface area contributed by atoms with Gasteiger partial charge in [0.25, 0.3) is 0 Å². The van der Waals surface area contributed by atoms with Gasteiger partial charge in [0.05, 0.1) is 13.2 Å². The summed E-state index contributed by atoms with van der Waals surface area (Å²) >= 11 is 0. The lowest BCUT2D eigenvalue weighted by Crippen LogP contribution is -2.50. The van der Waals surface area contributed by atoms with Crippen molar-refractivity contribution in [3.8, 4) is 0 Å². The average molecular weight is 535 g/mol. The predicted octanol–water partition coefficient (Wildman–Crippen LogP) is 2.92. The van der Waals surface area contributed by atoms with Crippen LogP contribution in [0.1, 0.15) is 43.2 Å². The minimum atomic E-state index is -3.91. The Morgan fingerprint density at radius 1 is 1.19 bits per heavy atom. The number of aryl methyl sites for hydroxylation is 1. The molecule has 2 aliphatic rings. The number of carbonyl (C=O) groups is 1. The van der Waals surface area contributed by atoms with Crippen molar-refractivity contribution in [3.05, 3.63) is 47.1 Å². The van der Waals surface area contributed by atoms with Crippen LogP contribution in [0.4, 0.5) is 4.39 Å². The van der Waals surface area contributed by atoms with Gasteiger partial charge in [-0.1, -0.05) is 30.3 Å². The molecule has 3 heterocycles. The number of nitrogens with one attached hydrogen (secondary N) is 1. The zero-order valence-corrected chi connectivity index (χ0v) is 22.2. The molecular weight excluding hydrogens is 499 g/mol. The molecule has 4 rings (SSSR count). The molecule has 0 spiro atoms. The SMILES string of the molecule is CC[C@H](CN1CCOCC1)NC(=O)C1CCN(S(=O)(=O)c2c(C)noc2/C=C/c2ccccc2F)CC1. The number of sulfonamides is 1. The van der Waals surface area contributed by atoms with E-state index in [-0.39, 0.29) is 47.3 Å². The highest BCUT2D eigenvalue weighted by molar-refractivity contribution is 7.89. The molecule has 0 saturated carbocycles. The van der Waals surface area contributed by atoms with Crippen molar-refractivity contribution in [2.75, 3.05) is 45.9 Å². The first-order valence-electron chi connectivity index (χ1n) is 12.8. The maximum absolute atomic E-state index is 14.0. The molecule has 9 nitrogen and oxygen atoms in total. The molecule has 11 heteroatoms. The molecule has 1 aromatic carbocycles. The first-order chi connectivity index (χ1) is 17.8. The van der Waals surface area contributed by atoms with Crippen LogP contribution in [0.25, 0.3) is 12.2 Å². The minimum absolute atomic E-state index is 0.0215. The van der Waals surface area contributed by atoms with E-state index in [0.29, 0.717) is 31.6 Å². The molecule has 0 aliphatic carbocycles. The molecule has 1 N–H and O–H groups in total. The van der Waals surface area contributed by atoms with Crippen molar-refractivity contribution in [1.82, 2.24) is 19.7 Å². The second kappa shape index (κ2) is 12.3. The molecule has 1 aromatic heterocycles. The molecule has 37 heavy (non-hydrogen) atoms. The van der Waals surface area contributed by atoms with Gasteiger partial charge in [0.15, 0.2) is 10.7 Å². The summed E-state index contributed by atoms with van der Waals surface area (Å²) in [6.45, 7) is 8.01. The highest BCUT2D eigenvalue weighted by Crippen LogP contribution is 2.29. The number of nitrogens with zero attached hydrogens (tertiary/aromatic N) is 3. The molecule has 2 saturated heterocycles. The molecule has 0 bridgehead atoms. The zero-order chi connectivity index (χ0) is 26.4. The summed E-state index contributed by atoms with van der Waals surface area (Å²) in [7, 11) is -3.91. The molecule has 2 fully saturated rings. The quantitative estimate of drug-likeness (QED) is 0.527. The van der Waals surface area contributed by atoms with Crippen molar-refractivity contribution >= 4 is 28.1 Å². The van der Waals surface area contributed by atoms with Gasteiger partial charge in [-0.25, -0.2) is 12.8 Å². The van der Waals surface area contributed by atoms with Crippen molar-refractivity contribution in [3.63, 3.8) is 0 Å². The van der Waals surface area contributed by atoms with E-state index in [2.05, 4.69) is 22.3 Å². The lowest BCUT2D eigenvalue weighted by molar-refractivity contribution is -0.127. The summed E-state index contributed by atoms with van der Waals surface area (Å²) in [6, 6.07) is 6.24. The van der Waals surface area contributed by atoms with Crippen LogP contribution in [0.15, 0.2) is 33.7 Å². The first-order valence-corrected chi connectivity index (χ1v) is 14.2. The Bertz CT molecular complexity index is 1200. The summed E-state index contributed by atoms with van der Waals surface area (Å²) in [4.78, 5) is 15.2. The second-order valence-electron chi connectivity index (χ2n) is 9.52. The maximum atomic E-state index is 14.0. The van der Waals surface area contributed by atoms with E-state index in [4.69, 9.17) is 9.26 Å². The predicted molar refractivity (Wildman–Crippen MR) is 138 cm³/mol. The highest BCUT2D eigenvalue weighted by Gasteiger charge is 2.36. The van der Waals surface area contributed by atoms with Gasteiger partial charge in [0, 0.05) is 50.2 Å². The highest BCUT2D eigenvalue weighted by atomic mass is 32.2. The topological polar surface area (TPSA) is 105 Å². The van der Waals surface area contributed by atoms with Crippen molar-refractivity contribution in [2.45, 2.75) is 44.0 Å². The van der Waals surface area contributed by atoms with Gasteiger partial charge in [-0.15, -0.1) is 0 Å². The standard InChI is InChI=1S/C26H35FN4O5S/c1-3-22(18-30-14-16-35-17-15-30)28-26(32)21-10-12-31(13-11-21)37(33,34)25-19(2)29-36-24(25)9-8-20-6-4-5-7-23(20)27/h4-9,21-22H,3,10-18H2,1-2H3,(H,28,32)/b9-8+/t22-/m1/s1. The van der Waals surface area contributed by atoms with Crippen LogP contribution in [-0.2, 0) is 19.6 Å². The van der Waals surface area contributed by atoms with E-state index in [9.17, 15) is 17.6 Å². The Kier molecular flexibility index (Phi) is 9.12. The normalized spacial score (nSPS) is 19.3. The van der Waals surface area contributed by atoms with Gasteiger partial charge in [-0.05, 0) is 44.4 Å². The Morgan fingerprint density at radius 3 is 2.57 bits per heavy atom. The number of aromatic nitrogens is 1. The lowest BCUT2D eigenvalue weighted by atomic mass is 9.96. The number of rotatable bonds is 9. The Labute approximate surface area is 217 Å². The summed E-state index contributed by atoms with van der Waals surface area (Å²) in [5, 5.41) is 7.01. The maximum Gasteiger partial charge on any atom is 0.248 e. The molecule has 1 amide bonds. The van der Waals surface area contributed by atoms with E-state index >= 15 is 0 Å². The summed E-state index contributed by atoms with van der Waals surface area (Å²) in [5.74, 6) is -0.634. The molecule has 2 aromatic rings. The smallest absolute Gasteiger partial charge is 0.248 e. The third-order valence-electron chi connectivity index (χ3n) is 7.00. The van der Waals surface area contributed by atoms with Gasteiger partial charge < -0.3 is 14.6 Å². The van der Waals surface area contributed by atoms with E-state index in [1.165, 1.54) is 22.5 Å². The largest absolute Gasteiger partial charge is 0.379 e. The number of carbonyl (C=O) groups excluding carboxylic acids is 1. The van der Waals surface area contributed by atoms with E-state index < -0.39 is 15.8 Å². The number of amides is 1. The molecular formula is C26H35FN4O5S. The number of benzene rings is 1. The number of hydrogen-bond donors (Lipinski definition) is 1. The molecule has 1 atom stereocenters. The van der Waals surface area contributed by atoms with Crippen LogP contribution in [0.2, 0.25) is 0 Å².